The van der Waals surface area contributed by atoms with Gasteiger partial charge in [-0.05, 0) is 92.6 Å². The van der Waals surface area contributed by atoms with Gasteiger partial charge in [0, 0.05) is 6.42 Å². The van der Waals surface area contributed by atoms with Gasteiger partial charge in [-0.3, -0.25) is 0 Å². The smallest absolute Gasteiger partial charge is 0.0811 e. The first-order valence-corrected chi connectivity index (χ1v) is 13.5. The van der Waals surface area contributed by atoms with Crippen molar-refractivity contribution in [3.8, 4) is 0 Å². The highest BCUT2D eigenvalue weighted by atomic mass is 16.3. The van der Waals surface area contributed by atoms with Crippen LogP contribution >= 0.6 is 0 Å². The highest BCUT2D eigenvalue weighted by Crippen LogP contribution is 2.58. The monoisotopic (exact) mass is 460 g/mol. The van der Waals surface area contributed by atoms with Gasteiger partial charge in [0.25, 0.3) is 0 Å². The Hall–Kier alpha value is -0.940. The minimum atomic E-state index is -0.647. The normalized spacial score (nSPS) is 36.4. The molecule has 3 aliphatic carbocycles. The molecule has 3 fully saturated rings. The molecule has 0 aromatic carbocycles. The molecule has 3 rings (SSSR count). The first-order chi connectivity index (χ1) is 15.6. The zero-order chi connectivity index (χ0) is 24.2. The molecule has 4 heteroatoms. The van der Waals surface area contributed by atoms with Crippen molar-refractivity contribution in [1.82, 2.24) is 0 Å². The highest BCUT2D eigenvalue weighted by molar-refractivity contribution is 5.38. The predicted molar refractivity (Wildman–Crippen MR) is 135 cm³/mol. The van der Waals surface area contributed by atoms with Crippen molar-refractivity contribution in [3.05, 3.63) is 35.5 Å². The van der Waals surface area contributed by atoms with Crippen LogP contribution in [0.2, 0.25) is 0 Å². The lowest BCUT2D eigenvalue weighted by atomic mass is 9.62. The summed E-state index contributed by atoms with van der Waals surface area (Å²) in [5.74, 6) is 0.836. The Morgan fingerprint density at radius 3 is 2.58 bits per heavy atom. The Morgan fingerprint density at radius 2 is 1.88 bits per heavy atom. The third-order valence-electron chi connectivity index (χ3n) is 9.47. The van der Waals surface area contributed by atoms with E-state index < -0.39 is 17.8 Å². The summed E-state index contributed by atoms with van der Waals surface area (Å²) in [6.45, 7) is 10.5. The maximum Gasteiger partial charge on any atom is 0.0811 e. The molecule has 188 valence electrons. The van der Waals surface area contributed by atoms with Crippen molar-refractivity contribution in [2.45, 2.75) is 128 Å². The maximum absolute atomic E-state index is 11.1. The van der Waals surface area contributed by atoms with Gasteiger partial charge in [-0.1, -0.05) is 57.9 Å². The largest absolute Gasteiger partial charge is 0.393 e. The minimum Gasteiger partial charge on any atom is -0.393 e. The number of aliphatic hydroxyl groups excluding tert-OH is 3. The van der Waals surface area contributed by atoms with E-state index >= 15 is 0 Å². The van der Waals surface area contributed by atoms with Gasteiger partial charge in [0.1, 0.15) is 0 Å². The van der Waals surface area contributed by atoms with Crippen LogP contribution in [0.1, 0.15) is 104 Å². The van der Waals surface area contributed by atoms with E-state index in [-0.39, 0.29) is 11.5 Å². The van der Waals surface area contributed by atoms with E-state index in [1.807, 2.05) is 0 Å². The molecule has 0 aromatic heterocycles. The van der Waals surface area contributed by atoms with Gasteiger partial charge in [-0.2, -0.15) is 0 Å². The summed E-state index contributed by atoms with van der Waals surface area (Å²) in [5.41, 5.74) is 2.77. The van der Waals surface area contributed by atoms with E-state index in [1.54, 1.807) is 0 Å². The van der Waals surface area contributed by atoms with E-state index in [4.69, 9.17) is 0 Å². The number of fused-ring (bicyclic) bond motifs is 1. The Balaban J connectivity index is 1.62. The van der Waals surface area contributed by atoms with E-state index in [2.05, 4.69) is 39.5 Å². The highest BCUT2D eigenvalue weighted by Gasteiger charge is 2.51. The Kier molecular flexibility index (Phi) is 9.05. The van der Waals surface area contributed by atoms with Crippen LogP contribution in [0.5, 0.6) is 0 Å². The van der Waals surface area contributed by atoms with Crippen LogP contribution in [-0.2, 0) is 0 Å². The molecule has 6 atom stereocenters. The number of allylic oxidation sites excluding steroid dienone is 3. The predicted octanol–water partition coefficient (Wildman–Crippen LogP) is 5.60. The number of rotatable bonds is 9. The molecule has 0 saturated heterocycles. The Labute approximate surface area is 201 Å². The first kappa shape index (κ1) is 26.7. The van der Waals surface area contributed by atoms with Gasteiger partial charge in [0.2, 0.25) is 0 Å². The molecule has 33 heavy (non-hydrogen) atoms. The fourth-order valence-corrected chi connectivity index (χ4v) is 6.99. The third-order valence-corrected chi connectivity index (χ3v) is 9.47. The van der Waals surface area contributed by atoms with Crippen LogP contribution in [-0.4, -0.2) is 44.3 Å². The third kappa shape index (κ3) is 6.01. The van der Waals surface area contributed by atoms with Gasteiger partial charge in [0.05, 0.1) is 23.9 Å². The number of hydrogen-bond acceptors (Lipinski definition) is 4. The fraction of sp³-hybridized carbons (Fsp3) is 0.793. The Bertz CT molecular complexity index is 734. The van der Waals surface area contributed by atoms with Crippen LogP contribution in [0.15, 0.2) is 35.5 Å². The number of hydrogen-bond donors (Lipinski definition) is 4. The molecule has 0 amide bonds. The topological polar surface area (TPSA) is 80.9 Å². The molecule has 0 radical (unpaired) electrons. The van der Waals surface area contributed by atoms with Crippen molar-refractivity contribution in [2.75, 3.05) is 0 Å². The van der Waals surface area contributed by atoms with E-state index in [9.17, 15) is 20.4 Å². The van der Waals surface area contributed by atoms with Gasteiger partial charge in [-0.15, -0.1) is 0 Å². The average Bonchev–Trinajstić information content (AvgIpc) is 3.15. The molecule has 0 bridgehead atoms. The van der Waals surface area contributed by atoms with E-state index in [1.165, 1.54) is 12.0 Å². The van der Waals surface area contributed by atoms with Crippen LogP contribution < -0.4 is 0 Å². The molecule has 0 unspecified atom stereocenters. The maximum atomic E-state index is 11.1. The Morgan fingerprint density at radius 1 is 1.15 bits per heavy atom. The standard InChI is InChI=1S/C29H48O4/c1-5-29(33,6-2)17-8-7-11-26(31)25-15-14-24-21(10-9-16-28(24,25)4)12-13-22-18-23(30)19-27(32)20(22)3/h12-13,23-27,30-33H,3,5-11,14-19H2,1-2,4H3/b21-12+,22-13+/t23-,24+,25-,26+,27+,28+/m1/s1. The fourth-order valence-electron chi connectivity index (χ4n) is 6.99. The van der Waals surface area contributed by atoms with Crippen LogP contribution in [0.4, 0.5) is 0 Å². The van der Waals surface area contributed by atoms with Crippen molar-refractivity contribution in [3.63, 3.8) is 0 Å². The molecule has 3 aliphatic rings. The average molecular weight is 461 g/mol. The molecule has 4 N–H and O–H groups in total. The molecule has 4 nitrogen and oxygen atoms in total. The lowest BCUT2D eigenvalue weighted by Gasteiger charge is -2.44. The molecule has 3 saturated carbocycles. The summed E-state index contributed by atoms with van der Waals surface area (Å²) in [5, 5.41) is 41.9. The second kappa shape index (κ2) is 11.2. The molecule has 0 spiro atoms. The van der Waals surface area contributed by atoms with Crippen LogP contribution in [0.25, 0.3) is 0 Å². The lowest BCUT2D eigenvalue weighted by molar-refractivity contribution is 0.00594. The second-order valence-corrected chi connectivity index (χ2v) is 11.4. The SMILES string of the molecule is C=C1/C(=C/C=C2\CCC[C@]3(C)[C@@H]([C@@H](O)CCCCC(O)(CC)CC)CC[C@@H]23)C[C@@H](O)C[C@@H]1O. The summed E-state index contributed by atoms with van der Waals surface area (Å²) < 4.78 is 0. The summed E-state index contributed by atoms with van der Waals surface area (Å²) >= 11 is 0. The minimum absolute atomic E-state index is 0.137. The van der Waals surface area contributed by atoms with Crippen LogP contribution in [0, 0.1) is 17.3 Å². The summed E-state index contributed by atoms with van der Waals surface area (Å²) in [7, 11) is 0. The zero-order valence-corrected chi connectivity index (χ0v) is 21.2. The van der Waals surface area contributed by atoms with Crippen molar-refractivity contribution >= 4 is 0 Å². The summed E-state index contributed by atoms with van der Waals surface area (Å²) in [4.78, 5) is 0. The molecule has 0 aromatic rings. The zero-order valence-electron chi connectivity index (χ0n) is 21.2. The molecule has 0 aliphatic heterocycles. The van der Waals surface area contributed by atoms with Gasteiger partial charge < -0.3 is 20.4 Å². The lowest BCUT2D eigenvalue weighted by Crippen LogP contribution is -2.38. The summed E-state index contributed by atoms with van der Waals surface area (Å²) in [6.07, 6.45) is 14.7. The molecular weight excluding hydrogens is 412 g/mol. The van der Waals surface area contributed by atoms with E-state index in [0.29, 0.717) is 24.7 Å². The number of aliphatic hydroxyl groups is 4. The second-order valence-electron chi connectivity index (χ2n) is 11.4. The summed E-state index contributed by atoms with van der Waals surface area (Å²) in [6, 6.07) is 0. The van der Waals surface area contributed by atoms with Crippen LogP contribution in [0.3, 0.4) is 0 Å². The van der Waals surface area contributed by atoms with E-state index in [0.717, 1.165) is 75.4 Å². The van der Waals surface area contributed by atoms with Crippen molar-refractivity contribution < 1.29 is 20.4 Å². The molecule has 0 heterocycles. The number of unbranched alkanes of at least 4 members (excludes halogenated alkanes) is 1. The first-order valence-electron chi connectivity index (χ1n) is 13.5. The quantitative estimate of drug-likeness (QED) is 0.338. The van der Waals surface area contributed by atoms with Crippen molar-refractivity contribution in [2.24, 2.45) is 17.3 Å². The van der Waals surface area contributed by atoms with Gasteiger partial charge in [0.15, 0.2) is 0 Å². The van der Waals surface area contributed by atoms with Gasteiger partial charge >= 0.3 is 0 Å². The molecular formula is C29H48O4. The van der Waals surface area contributed by atoms with Gasteiger partial charge in [-0.25, -0.2) is 0 Å². The van der Waals surface area contributed by atoms with Crippen molar-refractivity contribution in [1.29, 1.82) is 0 Å².